The number of rotatable bonds is 10. The van der Waals surface area contributed by atoms with Crippen molar-refractivity contribution in [2.75, 3.05) is 24.3 Å². The second-order valence-corrected chi connectivity index (χ2v) is 11.0. The first-order chi connectivity index (χ1) is 16.4. The van der Waals surface area contributed by atoms with Gasteiger partial charge in [-0.25, -0.2) is 18.4 Å². The number of amides is 1. The van der Waals surface area contributed by atoms with Gasteiger partial charge >= 0.3 is 0 Å². The first kappa shape index (κ1) is 23.9. The molecule has 0 atom stereocenters. The van der Waals surface area contributed by atoms with Crippen molar-refractivity contribution >= 4 is 42.4 Å². The Bertz CT molecular complexity index is 1360. The maximum atomic E-state index is 13.4. The van der Waals surface area contributed by atoms with E-state index in [0.29, 0.717) is 11.7 Å². The molecule has 8 nitrogen and oxygen atoms in total. The molecule has 2 aromatic carbocycles. The predicted octanol–water partition coefficient (Wildman–Crippen LogP) is 3.96. The van der Waals surface area contributed by atoms with Crippen LogP contribution in [-0.4, -0.2) is 48.3 Å². The van der Waals surface area contributed by atoms with Crippen LogP contribution in [0, 0.1) is 0 Å². The van der Waals surface area contributed by atoms with E-state index in [1.165, 1.54) is 11.3 Å². The largest absolute Gasteiger partial charge is 0.497 e. The minimum Gasteiger partial charge on any atom is -0.497 e. The van der Waals surface area contributed by atoms with E-state index in [4.69, 9.17) is 9.72 Å². The molecule has 0 saturated heterocycles. The van der Waals surface area contributed by atoms with Crippen LogP contribution >= 0.6 is 11.3 Å². The van der Waals surface area contributed by atoms with E-state index in [1.54, 1.807) is 55.7 Å². The molecule has 1 amide bonds. The molecule has 34 heavy (non-hydrogen) atoms. The van der Waals surface area contributed by atoms with Crippen LogP contribution in [0.2, 0.25) is 0 Å². The number of aromatic nitrogens is 3. The van der Waals surface area contributed by atoms with Crippen LogP contribution in [0.5, 0.6) is 5.75 Å². The van der Waals surface area contributed by atoms with E-state index in [0.717, 1.165) is 34.5 Å². The molecule has 0 aliphatic rings. The molecule has 0 saturated carbocycles. The van der Waals surface area contributed by atoms with Crippen molar-refractivity contribution in [3.8, 4) is 5.75 Å². The standard InChI is InChI=1S/C24H26N4O4S2/c1-3-34(30,31)20-8-5-18(6-9-20)15-23(29)28(13-4-12-27-14-11-25-17-27)24-26-21-10-7-19(32-2)16-22(21)33-24/h5-11,14,16-17H,3-4,12-13,15H2,1-2H3. The molecule has 178 valence electrons. The number of fused-ring (bicyclic) bond motifs is 1. The second-order valence-electron chi connectivity index (χ2n) is 7.75. The second kappa shape index (κ2) is 10.4. The number of anilines is 1. The Hall–Kier alpha value is -3.24. The normalized spacial score (nSPS) is 11.6. The number of carbonyl (C=O) groups excluding carboxylic acids is 1. The van der Waals surface area contributed by atoms with E-state index < -0.39 is 9.84 Å². The number of hydrogen-bond acceptors (Lipinski definition) is 7. The molecular formula is C24H26N4O4S2. The molecule has 4 aromatic rings. The zero-order valence-corrected chi connectivity index (χ0v) is 20.7. The zero-order valence-electron chi connectivity index (χ0n) is 19.0. The Labute approximate surface area is 202 Å². The summed E-state index contributed by atoms with van der Waals surface area (Å²) in [6.45, 7) is 2.84. The van der Waals surface area contributed by atoms with Crippen LogP contribution in [-0.2, 0) is 27.6 Å². The summed E-state index contributed by atoms with van der Waals surface area (Å²) in [5.74, 6) is 0.684. The van der Waals surface area contributed by atoms with Gasteiger partial charge < -0.3 is 9.30 Å². The minimum atomic E-state index is -3.28. The average Bonchev–Trinajstić information content (AvgIpc) is 3.51. The highest BCUT2D eigenvalue weighted by atomic mass is 32.2. The highest BCUT2D eigenvalue weighted by molar-refractivity contribution is 7.91. The van der Waals surface area contributed by atoms with Gasteiger partial charge in [0.2, 0.25) is 5.91 Å². The molecule has 2 aromatic heterocycles. The van der Waals surface area contributed by atoms with Gasteiger partial charge in [0.1, 0.15) is 5.75 Å². The maximum absolute atomic E-state index is 13.4. The third kappa shape index (κ3) is 5.45. The number of imidazole rings is 1. The van der Waals surface area contributed by atoms with Crippen LogP contribution in [0.15, 0.2) is 66.1 Å². The molecule has 0 radical (unpaired) electrons. The van der Waals surface area contributed by atoms with E-state index >= 15 is 0 Å². The van der Waals surface area contributed by atoms with Crippen LogP contribution in [0.4, 0.5) is 5.13 Å². The van der Waals surface area contributed by atoms with Crippen molar-refractivity contribution in [3.63, 3.8) is 0 Å². The summed E-state index contributed by atoms with van der Waals surface area (Å²) < 4.78 is 32.4. The number of thiazole rings is 1. The smallest absolute Gasteiger partial charge is 0.233 e. The molecule has 0 spiro atoms. The summed E-state index contributed by atoms with van der Waals surface area (Å²) in [7, 11) is -1.66. The number of ether oxygens (including phenoxy) is 1. The molecule has 0 aliphatic heterocycles. The molecule has 10 heteroatoms. The van der Waals surface area contributed by atoms with Crippen molar-refractivity contribution in [1.29, 1.82) is 0 Å². The molecule has 0 aliphatic carbocycles. The fourth-order valence-electron chi connectivity index (χ4n) is 3.54. The molecule has 0 N–H and O–H groups in total. The summed E-state index contributed by atoms with van der Waals surface area (Å²) in [4.78, 5) is 24.1. The first-order valence-corrected chi connectivity index (χ1v) is 13.4. The van der Waals surface area contributed by atoms with Crippen molar-refractivity contribution in [2.24, 2.45) is 0 Å². The van der Waals surface area contributed by atoms with Crippen molar-refractivity contribution in [3.05, 3.63) is 66.7 Å². The summed E-state index contributed by atoms with van der Waals surface area (Å²) in [5.41, 5.74) is 1.56. The Morgan fingerprint density at radius 2 is 1.97 bits per heavy atom. The Morgan fingerprint density at radius 3 is 2.65 bits per heavy atom. The summed E-state index contributed by atoms with van der Waals surface area (Å²) in [5, 5.41) is 0.629. The number of carbonyl (C=O) groups is 1. The van der Waals surface area contributed by atoms with Gasteiger partial charge in [-0.2, -0.15) is 0 Å². The van der Waals surface area contributed by atoms with Gasteiger partial charge in [0.15, 0.2) is 15.0 Å². The van der Waals surface area contributed by atoms with Crippen LogP contribution in [0.3, 0.4) is 0 Å². The number of hydrogen-bond donors (Lipinski definition) is 0. The number of aryl methyl sites for hydroxylation is 1. The average molecular weight is 499 g/mol. The summed E-state index contributed by atoms with van der Waals surface area (Å²) in [6.07, 6.45) is 6.25. The topological polar surface area (TPSA) is 94.4 Å². The zero-order chi connectivity index (χ0) is 24.1. The first-order valence-electron chi connectivity index (χ1n) is 10.9. The van der Waals surface area contributed by atoms with Crippen LogP contribution in [0.25, 0.3) is 10.2 Å². The molecule has 0 bridgehead atoms. The lowest BCUT2D eigenvalue weighted by Gasteiger charge is -2.20. The van der Waals surface area contributed by atoms with Gasteiger partial charge in [0.05, 0.1) is 40.7 Å². The molecular weight excluding hydrogens is 472 g/mol. The number of methoxy groups -OCH3 is 1. The fraction of sp³-hybridized carbons (Fsp3) is 0.292. The van der Waals surface area contributed by atoms with Crippen molar-refractivity contribution in [1.82, 2.24) is 14.5 Å². The highest BCUT2D eigenvalue weighted by Gasteiger charge is 2.21. The van der Waals surface area contributed by atoms with Gasteiger partial charge in [0, 0.05) is 25.5 Å². The Morgan fingerprint density at radius 1 is 1.18 bits per heavy atom. The van der Waals surface area contributed by atoms with Gasteiger partial charge in [-0.15, -0.1) is 0 Å². The van der Waals surface area contributed by atoms with E-state index in [2.05, 4.69) is 4.98 Å². The SMILES string of the molecule is CCS(=O)(=O)c1ccc(CC(=O)N(CCCn2ccnc2)c2nc3ccc(OC)cc3s2)cc1. The molecule has 0 unspecified atom stereocenters. The lowest BCUT2D eigenvalue weighted by molar-refractivity contribution is -0.118. The number of nitrogens with zero attached hydrogens (tertiary/aromatic N) is 4. The van der Waals surface area contributed by atoms with Crippen molar-refractivity contribution in [2.45, 2.75) is 31.2 Å². The highest BCUT2D eigenvalue weighted by Crippen LogP contribution is 2.32. The van der Waals surface area contributed by atoms with Crippen molar-refractivity contribution < 1.29 is 17.9 Å². The van der Waals surface area contributed by atoms with E-state index in [9.17, 15) is 13.2 Å². The lowest BCUT2D eigenvalue weighted by Crippen LogP contribution is -2.33. The Kier molecular flexibility index (Phi) is 7.28. The van der Waals surface area contributed by atoms with Gasteiger partial charge in [-0.3, -0.25) is 9.69 Å². The van der Waals surface area contributed by atoms with E-state index in [-0.39, 0.29) is 23.0 Å². The fourth-order valence-corrected chi connectivity index (χ4v) is 5.47. The molecule has 0 fully saturated rings. The third-order valence-electron chi connectivity index (χ3n) is 5.49. The number of benzene rings is 2. The van der Waals surface area contributed by atoms with E-state index in [1.807, 2.05) is 29.0 Å². The Balaban J connectivity index is 1.56. The van der Waals surface area contributed by atoms with Gasteiger partial charge in [-0.1, -0.05) is 30.4 Å². The number of sulfone groups is 1. The third-order valence-corrected chi connectivity index (χ3v) is 8.28. The van der Waals surface area contributed by atoms with Gasteiger partial charge in [-0.05, 0) is 42.3 Å². The quantitative estimate of drug-likeness (QED) is 0.329. The maximum Gasteiger partial charge on any atom is 0.233 e. The predicted molar refractivity (Wildman–Crippen MR) is 133 cm³/mol. The van der Waals surface area contributed by atoms with Crippen LogP contribution in [0.1, 0.15) is 18.9 Å². The van der Waals surface area contributed by atoms with Gasteiger partial charge in [0.25, 0.3) is 0 Å². The minimum absolute atomic E-state index is 0.0400. The summed E-state index contributed by atoms with van der Waals surface area (Å²) >= 11 is 1.45. The molecule has 2 heterocycles. The lowest BCUT2D eigenvalue weighted by atomic mass is 10.1. The monoisotopic (exact) mass is 498 g/mol. The summed E-state index contributed by atoms with van der Waals surface area (Å²) in [6, 6.07) is 12.2. The molecule has 4 rings (SSSR count). The van der Waals surface area contributed by atoms with Crippen LogP contribution < -0.4 is 9.64 Å².